The van der Waals surface area contributed by atoms with Crippen LogP contribution in [0.5, 0.6) is 0 Å². The van der Waals surface area contributed by atoms with Crippen LogP contribution in [0.4, 0.5) is 11.5 Å². The van der Waals surface area contributed by atoms with Gasteiger partial charge in [-0.25, -0.2) is 4.98 Å². The van der Waals surface area contributed by atoms with Crippen molar-refractivity contribution in [1.29, 1.82) is 0 Å². The third-order valence-electron chi connectivity index (χ3n) is 2.63. The van der Waals surface area contributed by atoms with Gasteiger partial charge >= 0.3 is 0 Å². The lowest BCUT2D eigenvalue weighted by atomic mass is 10.0. The van der Waals surface area contributed by atoms with Gasteiger partial charge in [-0.05, 0) is 26.0 Å². The van der Waals surface area contributed by atoms with Crippen molar-refractivity contribution in [2.75, 3.05) is 16.8 Å². The molecule has 2 rings (SSSR count). The number of rotatable bonds is 2. The van der Waals surface area contributed by atoms with Crippen molar-refractivity contribution in [3.05, 3.63) is 18.3 Å². The molecule has 1 saturated heterocycles. The number of hydrogen-bond donors (Lipinski definition) is 2. The molecule has 1 unspecified atom stereocenters. The molecular formula is C10H15N3S. The van der Waals surface area contributed by atoms with Gasteiger partial charge in [0, 0.05) is 22.7 Å². The molecule has 1 fully saturated rings. The summed E-state index contributed by atoms with van der Waals surface area (Å²) in [6, 6.07) is 4.37. The van der Waals surface area contributed by atoms with Gasteiger partial charge in [-0.1, -0.05) is 0 Å². The Labute approximate surface area is 88.5 Å². The fourth-order valence-corrected chi connectivity index (χ4v) is 2.59. The molecule has 0 amide bonds. The first kappa shape index (κ1) is 9.65. The molecule has 3 N–H and O–H groups in total. The van der Waals surface area contributed by atoms with Crippen LogP contribution >= 0.6 is 11.8 Å². The molecule has 1 aliphatic heterocycles. The van der Waals surface area contributed by atoms with Crippen LogP contribution in [0.1, 0.15) is 13.8 Å². The Bertz CT molecular complexity index is 338. The van der Waals surface area contributed by atoms with Gasteiger partial charge < -0.3 is 11.1 Å². The van der Waals surface area contributed by atoms with Crippen LogP contribution in [0.25, 0.3) is 0 Å². The first-order valence-electron chi connectivity index (χ1n) is 4.70. The average Bonchev–Trinajstić information content (AvgIpc) is 2.15. The van der Waals surface area contributed by atoms with Crippen LogP contribution in [0, 0.1) is 0 Å². The zero-order valence-electron chi connectivity index (χ0n) is 8.45. The van der Waals surface area contributed by atoms with Crippen LogP contribution in [0.15, 0.2) is 18.3 Å². The van der Waals surface area contributed by atoms with Gasteiger partial charge in [-0.2, -0.15) is 11.8 Å². The number of aromatic nitrogens is 1. The molecule has 4 heteroatoms. The SMILES string of the molecule is CC1(C)SCC1Nc1cccnc1N. The zero-order chi connectivity index (χ0) is 10.2. The van der Waals surface area contributed by atoms with Gasteiger partial charge in [0.15, 0.2) is 0 Å². The van der Waals surface area contributed by atoms with E-state index in [2.05, 4.69) is 24.1 Å². The smallest absolute Gasteiger partial charge is 0.146 e. The number of nitrogens with two attached hydrogens (primary N) is 1. The van der Waals surface area contributed by atoms with Gasteiger partial charge in [0.2, 0.25) is 0 Å². The van der Waals surface area contributed by atoms with E-state index >= 15 is 0 Å². The average molecular weight is 209 g/mol. The topological polar surface area (TPSA) is 50.9 Å². The molecule has 14 heavy (non-hydrogen) atoms. The summed E-state index contributed by atoms with van der Waals surface area (Å²) < 4.78 is 0.308. The maximum Gasteiger partial charge on any atom is 0.146 e. The Balaban J connectivity index is 2.08. The summed E-state index contributed by atoms with van der Waals surface area (Å²) in [4.78, 5) is 4.05. The highest BCUT2D eigenvalue weighted by atomic mass is 32.2. The lowest BCUT2D eigenvalue weighted by Gasteiger charge is -2.44. The zero-order valence-corrected chi connectivity index (χ0v) is 9.27. The van der Waals surface area contributed by atoms with Gasteiger partial charge in [0.05, 0.1) is 5.69 Å². The second kappa shape index (κ2) is 3.35. The third kappa shape index (κ3) is 1.66. The maximum atomic E-state index is 5.76. The molecule has 3 nitrogen and oxygen atoms in total. The monoisotopic (exact) mass is 209 g/mol. The molecule has 2 heterocycles. The van der Waals surface area contributed by atoms with Crippen molar-refractivity contribution in [3.63, 3.8) is 0 Å². The molecule has 0 spiro atoms. The van der Waals surface area contributed by atoms with Gasteiger partial charge in [0.1, 0.15) is 5.82 Å². The highest BCUT2D eigenvalue weighted by Gasteiger charge is 2.39. The van der Waals surface area contributed by atoms with E-state index in [9.17, 15) is 0 Å². The standard InChI is InChI=1S/C10H15N3S/c1-10(2)8(6-14-10)13-7-4-3-5-12-9(7)11/h3-5,8,13H,6H2,1-2H3,(H2,11,12). The highest BCUT2D eigenvalue weighted by Crippen LogP contribution is 2.41. The Morgan fingerprint density at radius 2 is 2.43 bits per heavy atom. The fraction of sp³-hybridized carbons (Fsp3) is 0.500. The summed E-state index contributed by atoms with van der Waals surface area (Å²) in [5.41, 5.74) is 6.71. The molecule has 1 aromatic rings. The number of anilines is 2. The minimum atomic E-state index is 0.308. The fourth-order valence-electron chi connectivity index (χ4n) is 1.44. The minimum absolute atomic E-state index is 0.308. The Hall–Kier alpha value is -0.900. The molecule has 0 aromatic carbocycles. The Morgan fingerprint density at radius 1 is 1.64 bits per heavy atom. The van der Waals surface area contributed by atoms with Crippen LogP contribution in [0.2, 0.25) is 0 Å². The van der Waals surface area contributed by atoms with Crippen molar-refractivity contribution in [1.82, 2.24) is 4.98 Å². The number of hydrogen-bond acceptors (Lipinski definition) is 4. The van der Waals surface area contributed by atoms with Crippen molar-refractivity contribution >= 4 is 23.3 Å². The summed E-state index contributed by atoms with van der Waals surface area (Å²) in [6.45, 7) is 4.48. The molecule has 76 valence electrons. The molecule has 1 aliphatic rings. The first-order chi connectivity index (χ1) is 6.59. The van der Waals surface area contributed by atoms with Crippen LogP contribution < -0.4 is 11.1 Å². The van der Waals surface area contributed by atoms with Crippen molar-refractivity contribution in [2.45, 2.75) is 24.6 Å². The van der Waals surface area contributed by atoms with E-state index in [0.29, 0.717) is 16.6 Å². The molecule has 1 aromatic heterocycles. The number of pyridine rings is 1. The molecule has 0 bridgehead atoms. The van der Waals surface area contributed by atoms with E-state index in [-0.39, 0.29) is 0 Å². The number of nitrogens with zero attached hydrogens (tertiary/aromatic N) is 1. The Morgan fingerprint density at radius 3 is 2.93 bits per heavy atom. The first-order valence-corrected chi connectivity index (χ1v) is 5.69. The summed E-state index contributed by atoms with van der Waals surface area (Å²) in [5.74, 6) is 1.72. The van der Waals surface area contributed by atoms with E-state index in [1.807, 2.05) is 23.9 Å². The van der Waals surface area contributed by atoms with E-state index in [1.54, 1.807) is 6.20 Å². The summed E-state index contributed by atoms with van der Waals surface area (Å²) in [7, 11) is 0. The summed E-state index contributed by atoms with van der Waals surface area (Å²) >= 11 is 1.97. The minimum Gasteiger partial charge on any atom is -0.382 e. The van der Waals surface area contributed by atoms with E-state index in [4.69, 9.17) is 5.73 Å². The number of nitrogens with one attached hydrogen (secondary N) is 1. The van der Waals surface area contributed by atoms with Gasteiger partial charge in [-0.3, -0.25) is 0 Å². The lowest BCUT2D eigenvalue weighted by molar-refractivity contribution is 0.576. The van der Waals surface area contributed by atoms with E-state index in [1.165, 1.54) is 0 Å². The normalized spacial score (nSPS) is 24.0. The number of thioether (sulfide) groups is 1. The van der Waals surface area contributed by atoms with E-state index < -0.39 is 0 Å². The third-order valence-corrected chi connectivity index (χ3v) is 4.16. The van der Waals surface area contributed by atoms with Crippen molar-refractivity contribution < 1.29 is 0 Å². The predicted octanol–water partition coefficient (Wildman–Crippen LogP) is 1.97. The van der Waals surface area contributed by atoms with Gasteiger partial charge in [0.25, 0.3) is 0 Å². The largest absolute Gasteiger partial charge is 0.382 e. The quantitative estimate of drug-likeness (QED) is 0.782. The second-order valence-corrected chi connectivity index (χ2v) is 5.72. The van der Waals surface area contributed by atoms with E-state index in [0.717, 1.165) is 11.4 Å². The van der Waals surface area contributed by atoms with Crippen molar-refractivity contribution in [2.24, 2.45) is 0 Å². The summed E-state index contributed by atoms with van der Waals surface area (Å²) in [5, 5.41) is 3.43. The molecule has 0 aliphatic carbocycles. The van der Waals surface area contributed by atoms with Crippen LogP contribution in [-0.4, -0.2) is 21.5 Å². The van der Waals surface area contributed by atoms with Crippen LogP contribution in [-0.2, 0) is 0 Å². The molecule has 1 atom stereocenters. The number of nitrogen functional groups attached to an aromatic ring is 1. The second-order valence-electron chi connectivity index (χ2n) is 4.05. The maximum absolute atomic E-state index is 5.76. The van der Waals surface area contributed by atoms with Gasteiger partial charge in [-0.15, -0.1) is 0 Å². The molecular weight excluding hydrogens is 194 g/mol. The lowest BCUT2D eigenvalue weighted by Crippen LogP contribution is -2.50. The summed E-state index contributed by atoms with van der Waals surface area (Å²) in [6.07, 6.45) is 1.71. The highest BCUT2D eigenvalue weighted by molar-refractivity contribution is 8.02. The molecule has 0 saturated carbocycles. The molecule has 0 radical (unpaired) electrons. The van der Waals surface area contributed by atoms with Crippen LogP contribution in [0.3, 0.4) is 0 Å². The van der Waals surface area contributed by atoms with Crippen molar-refractivity contribution in [3.8, 4) is 0 Å². The predicted molar refractivity (Wildman–Crippen MR) is 62.6 cm³/mol. The Kier molecular flexibility index (Phi) is 2.31.